The minimum Gasteiger partial charge on any atom is -0.480 e. The molecule has 84 valence electrons. The number of ether oxygens (including phenoxy) is 1. The molecule has 1 fully saturated rings. The highest BCUT2D eigenvalue weighted by Gasteiger charge is 2.37. The average molecular weight is 215 g/mol. The summed E-state index contributed by atoms with van der Waals surface area (Å²) < 4.78 is 4.65. The first-order chi connectivity index (χ1) is 7.06. The lowest BCUT2D eigenvalue weighted by molar-refractivity contribution is -0.152. The predicted molar refractivity (Wildman–Crippen MR) is 49.0 cm³/mol. The minimum absolute atomic E-state index is 0.177. The van der Waals surface area contributed by atoms with Crippen LogP contribution in [0.15, 0.2) is 0 Å². The lowest BCUT2D eigenvalue weighted by Crippen LogP contribution is -2.42. The highest BCUT2D eigenvalue weighted by Crippen LogP contribution is 2.18. The molecule has 0 aromatic heterocycles. The SMILES string of the molecule is CCOC(=O)CN1C(=O)CCC1C(=O)O. The summed E-state index contributed by atoms with van der Waals surface area (Å²) in [5.41, 5.74) is 0. The van der Waals surface area contributed by atoms with Crippen molar-refractivity contribution in [3.63, 3.8) is 0 Å². The number of amides is 1. The van der Waals surface area contributed by atoms with Gasteiger partial charge >= 0.3 is 11.9 Å². The maximum absolute atomic E-state index is 11.3. The van der Waals surface area contributed by atoms with E-state index in [4.69, 9.17) is 5.11 Å². The van der Waals surface area contributed by atoms with Crippen molar-refractivity contribution in [2.45, 2.75) is 25.8 Å². The van der Waals surface area contributed by atoms with E-state index < -0.39 is 18.0 Å². The normalized spacial score (nSPS) is 20.5. The average Bonchev–Trinajstić information content (AvgIpc) is 2.48. The number of carbonyl (C=O) groups is 3. The van der Waals surface area contributed by atoms with E-state index in [1.165, 1.54) is 0 Å². The maximum atomic E-state index is 11.3. The Labute approximate surface area is 86.8 Å². The summed E-state index contributed by atoms with van der Waals surface area (Å²) in [4.78, 5) is 34.2. The number of carboxylic acid groups (broad SMARTS) is 1. The predicted octanol–water partition coefficient (Wildman–Crippen LogP) is -0.375. The molecule has 1 saturated heterocycles. The third kappa shape index (κ3) is 2.68. The molecule has 1 N–H and O–H groups in total. The van der Waals surface area contributed by atoms with Gasteiger partial charge in [0, 0.05) is 6.42 Å². The standard InChI is InChI=1S/C9H13NO5/c1-2-15-8(12)5-10-6(9(13)14)3-4-7(10)11/h6H,2-5H2,1H3,(H,13,14). The molecule has 0 aromatic carbocycles. The molecule has 1 aliphatic rings. The van der Waals surface area contributed by atoms with Crippen molar-refractivity contribution in [3.8, 4) is 0 Å². The summed E-state index contributed by atoms with van der Waals surface area (Å²) in [7, 11) is 0. The quantitative estimate of drug-likeness (QED) is 0.646. The third-order valence-corrected chi connectivity index (χ3v) is 2.22. The van der Waals surface area contributed by atoms with Crippen molar-refractivity contribution in [3.05, 3.63) is 0 Å². The molecule has 6 nitrogen and oxygen atoms in total. The second-order valence-electron chi connectivity index (χ2n) is 3.22. The Balaban J connectivity index is 2.60. The second-order valence-corrected chi connectivity index (χ2v) is 3.22. The number of nitrogens with zero attached hydrogens (tertiary/aromatic N) is 1. The van der Waals surface area contributed by atoms with Crippen LogP contribution in [0.2, 0.25) is 0 Å². The van der Waals surface area contributed by atoms with Crippen molar-refractivity contribution in [1.29, 1.82) is 0 Å². The van der Waals surface area contributed by atoms with E-state index in [9.17, 15) is 14.4 Å². The third-order valence-electron chi connectivity index (χ3n) is 2.22. The van der Waals surface area contributed by atoms with Gasteiger partial charge in [0.15, 0.2) is 0 Å². The largest absolute Gasteiger partial charge is 0.480 e. The van der Waals surface area contributed by atoms with Crippen LogP contribution in [0.4, 0.5) is 0 Å². The molecule has 1 atom stereocenters. The van der Waals surface area contributed by atoms with Crippen molar-refractivity contribution in [1.82, 2.24) is 4.90 Å². The number of esters is 1. The van der Waals surface area contributed by atoms with Crippen LogP contribution in [-0.2, 0) is 19.1 Å². The van der Waals surface area contributed by atoms with Gasteiger partial charge in [-0.1, -0.05) is 0 Å². The molecule has 0 bridgehead atoms. The highest BCUT2D eigenvalue weighted by molar-refractivity contribution is 5.90. The molecule has 1 unspecified atom stereocenters. The summed E-state index contributed by atoms with van der Waals surface area (Å²) in [5.74, 6) is -1.96. The van der Waals surface area contributed by atoms with Gasteiger partial charge in [-0.15, -0.1) is 0 Å². The molecule has 0 aromatic rings. The fourth-order valence-electron chi connectivity index (χ4n) is 1.53. The number of carboxylic acids is 1. The molecule has 0 radical (unpaired) electrons. The van der Waals surface area contributed by atoms with Crippen LogP contribution in [0.1, 0.15) is 19.8 Å². The van der Waals surface area contributed by atoms with E-state index in [0.29, 0.717) is 0 Å². The molecule has 1 rings (SSSR count). The molecule has 15 heavy (non-hydrogen) atoms. The summed E-state index contributed by atoms with van der Waals surface area (Å²) in [5, 5.41) is 8.80. The minimum atomic E-state index is -1.08. The van der Waals surface area contributed by atoms with E-state index in [1.807, 2.05) is 0 Å². The van der Waals surface area contributed by atoms with Crippen LogP contribution in [-0.4, -0.2) is 47.0 Å². The van der Waals surface area contributed by atoms with Gasteiger partial charge in [0.05, 0.1) is 6.61 Å². The molecular weight excluding hydrogens is 202 g/mol. The van der Waals surface area contributed by atoms with Crippen LogP contribution in [0.25, 0.3) is 0 Å². The molecule has 0 saturated carbocycles. The van der Waals surface area contributed by atoms with Crippen molar-refractivity contribution >= 4 is 17.8 Å². The zero-order chi connectivity index (χ0) is 11.4. The lowest BCUT2D eigenvalue weighted by Gasteiger charge is -2.19. The fraction of sp³-hybridized carbons (Fsp3) is 0.667. The van der Waals surface area contributed by atoms with E-state index in [2.05, 4.69) is 4.74 Å². The molecule has 1 heterocycles. The zero-order valence-electron chi connectivity index (χ0n) is 8.43. The summed E-state index contributed by atoms with van der Waals surface area (Å²) >= 11 is 0. The van der Waals surface area contributed by atoms with E-state index in [1.54, 1.807) is 6.92 Å². The number of rotatable bonds is 4. The van der Waals surface area contributed by atoms with Crippen LogP contribution in [0.5, 0.6) is 0 Å². The lowest BCUT2D eigenvalue weighted by atomic mass is 10.2. The van der Waals surface area contributed by atoms with E-state index in [-0.39, 0.29) is 31.9 Å². The van der Waals surface area contributed by atoms with Crippen LogP contribution < -0.4 is 0 Å². The number of likely N-dealkylation sites (tertiary alicyclic amines) is 1. The van der Waals surface area contributed by atoms with Crippen LogP contribution >= 0.6 is 0 Å². The van der Waals surface area contributed by atoms with Gasteiger partial charge in [-0.2, -0.15) is 0 Å². The van der Waals surface area contributed by atoms with Gasteiger partial charge in [0.25, 0.3) is 0 Å². The molecule has 1 aliphatic heterocycles. The Morgan fingerprint density at radius 3 is 2.80 bits per heavy atom. The van der Waals surface area contributed by atoms with Gasteiger partial charge < -0.3 is 14.7 Å². The molecule has 0 spiro atoms. The Bertz CT molecular complexity index is 288. The highest BCUT2D eigenvalue weighted by atomic mass is 16.5. The Hall–Kier alpha value is -1.59. The second kappa shape index (κ2) is 4.77. The molecule has 1 amide bonds. The monoisotopic (exact) mass is 215 g/mol. The topological polar surface area (TPSA) is 83.9 Å². The Morgan fingerprint density at radius 2 is 2.27 bits per heavy atom. The van der Waals surface area contributed by atoms with E-state index in [0.717, 1.165) is 4.90 Å². The van der Waals surface area contributed by atoms with Gasteiger partial charge in [0.1, 0.15) is 12.6 Å². The summed E-state index contributed by atoms with van der Waals surface area (Å²) in [6.07, 6.45) is 0.434. The summed E-state index contributed by atoms with van der Waals surface area (Å²) in [6, 6.07) is -0.887. The number of carbonyl (C=O) groups excluding carboxylic acids is 2. The zero-order valence-corrected chi connectivity index (χ0v) is 8.43. The molecule has 0 aliphatic carbocycles. The summed E-state index contributed by atoms with van der Waals surface area (Å²) in [6.45, 7) is 1.60. The maximum Gasteiger partial charge on any atom is 0.326 e. The van der Waals surface area contributed by atoms with Crippen molar-refractivity contribution in [2.24, 2.45) is 0 Å². The number of hydrogen-bond acceptors (Lipinski definition) is 4. The first-order valence-electron chi connectivity index (χ1n) is 4.74. The fourth-order valence-corrected chi connectivity index (χ4v) is 1.53. The molecule has 6 heteroatoms. The first kappa shape index (κ1) is 11.5. The number of hydrogen-bond donors (Lipinski definition) is 1. The van der Waals surface area contributed by atoms with Gasteiger partial charge in [0.2, 0.25) is 5.91 Å². The van der Waals surface area contributed by atoms with Gasteiger partial charge in [-0.3, -0.25) is 9.59 Å². The van der Waals surface area contributed by atoms with E-state index >= 15 is 0 Å². The first-order valence-corrected chi connectivity index (χ1v) is 4.74. The van der Waals surface area contributed by atoms with Crippen molar-refractivity contribution < 1.29 is 24.2 Å². The smallest absolute Gasteiger partial charge is 0.326 e. The van der Waals surface area contributed by atoms with Crippen molar-refractivity contribution in [2.75, 3.05) is 13.2 Å². The Morgan fingerprint density at radius 1 is 1.60 bits per heavy atom. The van der Waals surface area contributed by atoms with Gasteiger partial charge in [-0.25, -0.2) is 4.79 Å². The molecular formula is C9H13NO5. The van der Waals surface area contributed by atoms with Crippen LogP contribution in [0.3, 0.4) is 0 Å². The number of aliphatic carboxylic acids is 1. The van der Waals surface area contributed by atoms with Gasteiger partial charge in [-0.05, 0) is 13.3 Å². The van der Waals surface area contributed by atoms with Crippen LogP contribution in [0, 0.1) is 0 Å². The Kier molecular flexibility index (Phi) is 3.65.